The van der Waals surface area contributed by atoms with Gasteiger partial charge in [0.05, 0.1) is 14.2 Å². The lowest BCUT2D eigenvalue weighted by Gasteiger charge is -2.06. The highest BCUT2D eigenvalue weighted by molar-refractivity contribution is 6.23. The Labute approximate surface area is 99.8 Å². The summed E-state index contributed by atoms with van der Waals surface area (Å²) >= 11 is 0. The highest BCUT2D eigenvalue weighted by atomic mass is 16.5. The molecular formula is C13H14O4. The lowest BCUT2D eigenvalue weighted by atomic mass is 10.0. The van der Waals surface area contributed by atoms with Gasteiger partial charge >= 0.3 is 5.97 Å². The van der Waals surface area contributed by atoms with Crippen LogP contribution in [0.25, 0.3) is 5.57 Å². The van der Waals surface area contributed by atoms with Crippen LogP contribution in [-0.4, -0.2) is 26.0 Å². The van der Waals surface area contributed by atoms with E-state index in [-0.39, 0.29) is 5.78 Å². The van der Waals surface area contributed by atoms with Crippen molar-refractivity contribution in [1.82, 2.24) is 0 Å². The second-order valence-corrected chi connectivity index (χ2v) is 3.37. The Morgan fingerprint density at radius 1 is 1.24 bits per heavy atom. The van der Waals surface area contributed by atoms with Gasteiger partial charge in [-0.25, -0.2) is 4.79 Å². The number of ether oxygens (including phenoxy) is 2. The van der Waals surface area contributed by atoms with Crippen molar-refractivity contribution in [3.8, 4) is 5.75 Å². The van der Waals surface area contributed by atoms with Crippen LogP contribution < -0.4 is 4.74 Å². The molecule has 0 aromatic heterocycles. The van der Waals surface area contributed by atoms with Crippen LogP contribution >= 0.6 is 0 Å². The van der Waals surface area contributed by atoms with Gasteiger partial charge in [-0.2, -0.15) is 0 Å². The van der Waals surface area contributed by atoms with Gasteiger partial charge in [0, 0.05) is 11.6 Å². The molecule has 0 amide bonds. The topological polar surface area (TPSA) is 52.6 Å². The summed E-state index contributed by atoms with van der Waals surface area (Å²) in [4.78, 5) is 22.7. The molecule has 0 fully saturated rings. The number of hydrogen-bond acceptors (Lipinski definition) is 4. The highest BCUT2D eigenvalue weighted by Gasteiger charge is 2.10. The first kappa shape index (κ1) is 13.0. The smallest absolute Gasteiger partial charge is 0.331 e. The molecular weight excluding hydrogens is 220 g/mol. The number of ketones is 1. The van der Waals surface area contributed by atoms with Crippen molar-refractivity contribution in [3.63, 3.8) is 0 Å². The highest BCUT2D eigenvalue weighted by Crippen LogP contribution is 2.20. The molecule has 0 aliphatic heterocycles. The molecule has 0 radical (unpaired) electrons. The summed E-state index contributed by atoms with van der Waals surface area (Å²) in [6.07, 6.45) is 1.18. The number of benzene rings is 1. The number of methoxy groups -OCH3 is 2. The first-order chi connectivity index (χ1) is 8.08. The standard InChI is InChI=1S/C13H14O4/c1-9(14)12(8-13(15)17-3)10-5-4-6-11(7-10)16-2/h4-8H,1-3H3. The van der Waals surface area contributed by atoms with Crippen molar-refractivity contribution < 1.29 is 19.1 Å². The summed E-state index contributed by atoms with van der Waals surface area (Å²) in [5.41, 5.74) is 0.929. The molecule has 0 bridgehead atoms. The Morgan fingerprint density at radius 3 is 2.47 bits per heavy atom. The third-order valence-electron chi connectivity index (χ3n) is 2.22. The number of rotatable bonds is 4. The monoisotopic (exact) mass is 234 g/mol. The molecule has 4 heteroatoms. The molecule has 1 aromatic rings. The van der Waals surface area contributed by atoms with Crippen LogP contribution in [0.3, 0.4) is 0 Å². The van der Waals surface area contributed by atoms with Crippen molar-refractivity contribution >= 4 is 17.3 Å². The van der Waals surface area contributed by atoms with Crippen molar-refractivity contribution in [1.29, 1.82) is 0 Å². The molecule has 0 unspecified atom stereocenters. The number of allylic oxidation sites excluding steroid dienone is 1. The summed E-state index contributed by atoms with van der Waals surface area (Å²) in [6.45, 7) is 1.40. The van der Waals surface area contributed by atoms with Gasteiger partial charge in [-0.15, -0.1) is 0 Å². The predicted molar refractivity (Wildman–Crippen MR) is 63.7 cm³/mol. The van der Waals surface area contributed by atoms with Gasteiger partial charge in [0.1, 0.15) is 5.75 Å². The Bertz CT molecular complexity index is 460. The van der Waals surface area contributed by atoms with Crippen LogP contribution in [0.15, 0.2) is 30.3 Å². The number of hydrogen-bond donors (Lipinski definition) is 0. The molecule has 1 rings (SSSR count). The van der Waals surface area contributed by atoms with E-state index >= 15 is 0 Å². The van der Waals surface area contributed by atoms with E-state index in [1.807, 2.05) is 0 Å². The van der Waals surface area contributed by atoms with Gasteiger partial charge in [-0.05, 0) is 24.6 Å². The van der Waals surface area contributed by atoms with Crippen LogP contribution in [0.2, 0.25) is 0 Å². The summed E-state index contributed by atoms with van der Waals surface area (Å²) < 4.78 is 9.57. The first-order valence-electron chi connectivity index (χ1n) is 5.03. The third-order valence-corrected chi connectivity index (χ3v) is 2.22. The van der Waals surface area contributed by atoms with E-state index in [1.54, 1.807) is 24.3 Å². The van der Waals surface area contributed by atoms with Gasteiger partial charge in [0.25, 0.3) is 0 Å². The van der Waals surface area contributed by atoms with E-state index in [0.29, 0.717) is 16.9 Å². The normalized spacial score (nSPS) is 10.9. The maximum Gasteiger partial charge on any atom is 0.331 e. The molecule has 90 valence electrons. The number of Topliss-reactive ketones (excluding diaryl/α,β-unsaturated/α-hetero) is 1. The molecule has 0 atom stereocenters. The van der Waals surface area contributed by atoms with Gasteiger partial charge < -0.3 is 9.47 Å². The van der Waals surface area contributed by atoms with Crippen LogP contribution in [0.4, 0.5) is 0 Å². The predicted octanol–water partition coefficient (Wildman–Crippen LogP) is 1.84. The van der Waals surface area contributed by atoms with E-state index in [0.717, 1.165) is 0 Å². The Hall–Kier alpha value is -2.10. The lowest BCUT2D eigenvalue weighted by molar-refractivity contribution is -0.135. The maximum atomic E-state index is 11.5. The first-order valence-corrected chi connectivity index (χ1v) is 5.03. The van der Waals surface area contributed by atoms with Gasteiger partial charge in [-0.1, -0.05) is 12.1 Å². The zero-order valence-electron chi connectivity index (χ0n) is 10.0. The van der Waals surface area contributed by atoms with Crippen LogP contribution in [0, 0.1) is 0 Å². The summed E-state index contributed by atoms with van der Waals surface area (Å²) in [5, 5.41) is 0. The van der Waals surface area contributed by atoms with Crippen molar-refractivity contribution in [2.24, 2.45) is 0 Å². The van der Waals surface area contributed by atoms with Crippen LogP contribution in [0.1, 0.15) is 12.5 Å². The van der Waals surface area contributed by atoms with Crippen LogP contribution in [0.5, 0.6) is 5.75 Å². The average molecular weight is 234 g/mol. The van der Waals surface area contributed by atoms with Gasteiger partial charge in [-0.3, -0.25) is 4.79 Å². The fourth-order valence-corrected chi connectivity index (χ4v) is 1.36. The van der Waals surface area contributed by atoms with Crippen LogP contribution in [-0.2, 0) is 14.3 Å². The number of carbonyl (C=O) groups is 2. The van der Waals surface area contributed by atoms with E-state index in [2.05, 4.69) is 4.74 Å². The average Bonchev–Trinajstić information content (AvgIpc) is 2.35. The van der Waals surface area contributed by atoms with E-state index in [9.17, 15) is 9.59 Å². The van der Waals surface area contributed by atoms with Crippen molar-refractivity contribution in [3.05, 3.63) is 35.9 Å². The molecule has 0 saturated heterocycles. The van der Waals surface area contributed by atoms with E-state index in [4.69, 9.17) is 4.74 Å². The SMILES string of the molecule is COC(=O)C=C(C(C)=O)c1cccc(OC)c1. The second-order valence-electron chi connectivity index (χ2n) is 3.37. The minimum Gasteiger partial charge on any atom is -0.497 e. The van der Waals surface area contributed by atoms with E-state index < -0.39 is 5.97 Å². The number of esters is 1. The summed E-state index contributed by atoms with van der Waals surface area (Å²) in [5.74, 6) is -0.138. The molecule has 0 aliphatic carbocycles. The molecule has 0 heterocycles. The Balaban J connectivity index is 3.18. The molecule has 17 heavy (non-hydrogen) atoms. The quantitative estimate of drug-likeness (QED) is 0.589. The molecule has 0 N–H and O–H groups in total. The molecule has 0 saturated carbocycles. The second kappa shape index (κ2) is 5.84. The molecule has 4 nitrogen and oxygen atoms in total. The summed E-state index contributed by atoms with van der Waals surface area (Å²) in [6, 6.07) is 6.94. The van der Waals surface area contributed by atoms with Crippen molar-refractivity contribution in [2.45, 2.75) is 6.92 Å². The fraction of sp³-hybridized carbons (Fsp3) is 0.231. The molecule has 1 aromatic carbocycles. The van der Waals surface area contributed by atoms with E-state index in [1.165, 1.54) is 27.2 Å². The zero-order valence-corrected chi connectivity index (χ0v) is 10.0. The van der Waals surface area contributed by atoms with Gasteiger partial charge in [0.15, 0.2) is 5.78 Å². The number of carbonyl (C=O) groups excluding carboxylic acids is 2. The fourth-order valence-electron chi connectivity index (χ4n) is 1.36. The zero-order chi connectivity index (χ0) is 12.8. The lowest BCUT2D eigenvalue weighted by Crippen LogP contribution is -2.02. The minimum absolute atomic E-state index is 0.205. The Kier molecular flexibility index (Phi) is 4.46. The minimum atomic E-state index is -0.557. The third kappa shape index (κ3) is 3.45. The molecule has 0 aliphatic rings. The Morgan fingerprint density at radius 2 is 1.94 bits per heavy atom. The summed E-state index contributed by atoms with van der Waals surface area (Å²) in [7, 11) is 2.80. The largest absolute Gasteiger partial charge is 0.497 e. The van der Waals surface area contributed by atoms with Gasteiger partial charge in [0.2, 0.25) is 0 Å². The molecule has 0 spiro atoms. The maximum absolute atomic E-state index is 11.5. The van der Waals surface area contributed by atoms with Crippen molar-refractivity contribution in [2.75, 3.05) is 14.2 Å².